The molecule has 0 atom stereocenters. The molecule has 3 rings (SSSR count). The van der Waals surface area contributed by atoms with E-state index < -0.39 is 9.84 Å². The van der Waals surface area contributed by atoms with Gasteiger partial charge in [-0.05, 0) is 42.7 Å². The number of sulfone groups is 1. The second-order valence-electron chi connectivity index (χ2n) is 7.22. The molecule has 2 aromatic carbocycles. The standard InChI is InChI=1S/C22H26N2O4S/c25-21-9-5-2-6-15-24(21)16-14-23-22(26)19-12-10-18(11-13-19)17-29(27,28)20-7-3-1-4-8-20/h1,3-4,7-8,10-13H,2,5-6,9,14-17H2,(H,23,26). The average Bonchev–Trinajstić information content (AvgIpc) is 2.93. The molecule has 1 aliphatic heterocycles. The Balaban J connectivity index is 1.53. The van der Waals surface area contributed by atoms with Crippen LogP contribution in [0.1, 0.15) is 41.6 Å². The van der Waals surface area contributed by atoms with Gasteiger partial charge in [-0.1, -0.05) is 36.8 Å². The van der Waals surface area contributed by atoms with Gasteiger partial charge in [0.25, 0.3) is 5.91 Å². The molecule has 0 saturated carbocycles. The summed E-state index contributed by atoms with van der Waals surface area (Å²) in [4.78, 5) is 26.4. The molecule has 1 heterocycles. The van der Waals surface area contributed by atoms with Gasteiger partial charge in [0.2, 0.25) is 5.91 Å². The molecular weight excluding hydrogens is 388 g/mol. The predicted octanol–water partition coefficient (Wildman–Crippen LogP) is 2.79. The van der Waals surface area contributed by atoms with Crippen LogP contribution < -0.4 is 5.32 Å². The van der Waals surface area contributed by atoms with Crippen LogP contribution in [0.25, 0.3) is 0 Å². The summed E-state index contributed by atoms with van der Waals surface area (Å²) >= 11 is 0. The van der Waals surface area contributed by atoms with Crippen LogP contribution in [0.15, 0.2) is 59.5 Å². The Morgan fingerprint density at radius 2 is 1.69 bits per heavy atom. The summed E-state index contributed by atoms with van der Waals surface area (Å²) in [6.07, 6.45) is 3.60. The van der Waals surface area contributed by atoms with Crippen LogP contribution in [0.3, 0.4) is 0 Å². The SMILES string of the molecule is O=C(NCCN1CCCCCC1=O)c1ccc(CS(=O)(=O)c2ccccc2)cc1. The molecule has 2 aromatic rings. The molecule has 0 unspecified atom stereocenters. The molecule has 2 amide bonds. The maximum Gasteiger partial charge on any atom is 0.251 e. The van der Waals surface area contributed by atoms with Crippen LogP contribution in [-0.2, 0) is 20.4 Å². The average molecular weight is 415 g/mol. The van der Waals surface area contributed by atoms with Gasteiger partial charge >= 0.3 is 0 Å². The number of nitrogens with one attached hydrogen (secondary N) is 1. The van der Waals surface area contributed by atoms with Gasteiger partial charge in [-0.2, -0.15) is 0 Å². The van der Waals surface area contributed by atoms with Crippen molar-refractivity contribution in [2.24, 2.45) is 0 Å². The Hall–Kier alpha value is -2.67. The van der Waals surface area contributed by atoms with E-state index >= 15 is 0 Å². The van der Waals surface area contributed by atoms with Crippen molar-refractivity contribution in [3.8, 4) is 0 Å². The van der Waals surface area contributed by atoms with E-state index in [9.17, 15) is 18.0 Å². The number of carbonyl (C=O) groups excluding carboxylic acids is 2. The van der Waals surface area contributed by atoms with Crippen molar-refractivity contribution < 1.29 is 18.0 Å². The molecule has 0 radical (unpaired) electrons. The maximum absolute atomic E-state index is 12.5. The van der Waals surface area contributed by atoms with E-state index in [2.05, 4.69) is 5.32 Å². The zero-order chi connectivity index (χ0) is 20.7. The van der Waals surface area contributed by atoms with Gasteiger partial charge in [-0.3, -0.25) is 9.59 Å². The lowest BCUT2D eigenvalue weighted by molar-refractivity contribution is -0.130. The van der Waals surface area contributed by atoms with Crippen LogP contribution in [0, 0.1) is 0 Å². The van der Waals surface area contributed by atoms with Gasteiger partial charge in [-0.25, -0.2) is 8.42 Å². The third-order valence-corrected chi connectivity index (χ3v) is 6.72. The van der Waals surface area contributed by atoms with E-state index in [1.54, 1.807) is 54.6 Å². The number of hydrogen-bond acceptors (Lipinski definition) is 4. The smallest absolute Gasteiger partial charge is 0.251 e. The quantitative estimate of drug-likeness (QED) is 0.755. The highest BCUT2D eigenvalue weighted by Crippen LogP contribution is 2.16. The zero-order valence-electron chi connectivity index (χ0n) is 16.3. The third-order valence-electron chi connectivity index (χ3n) is 5.01. The highest BCUT2D eigenvalue weighted by Gasteiger charge is 2.17. The van der Waals surface area contributed by atoms with E-state index in [4.69, 9.17) is 0 Å². The minimum atomic E-state index is -3.42. The summed E-state index contributed by atoms with van der Waals surface area (Å²) in [5, 5.41) is 2.83. The lowest BCUT2D eigenvalue weighted by Crippen LogP contribution is -2.38. The molecular formula is C22H26N2O4S. The molecule has 0 aliphatic carbocycles. The molecule has 0 spiro atoms. The molecule has 1 saturated heterocycles. The molecule has 6 nitrogen and oxygen atoms in total. The normalized spacial score (nSPS) is 15.0. The largest absolute Gasteiger partial charge is 0.350 e. The first-order chi connectivity index (χ1) is 14.0. The zero-order valence-corrected chi connectivity index (χ0v) is 17.2. The van der Waals surface area contributed by atoms with E-state index in [0.29, 0.717) is 30.6 Å². The summed E-state index contributed by atoms with van der Waals surface area (Å²) in [7, 11) is -3.42. The van der Waals surface area contributed by atoms with E-state index in [1.165, 1.54) is 0 Å². The summed E-state index contributed by atoms with van der Waals surface area (Å²) < 4.78 is 24.9. The van der Waals surface area contributed by atoms with Crippen molar-refractivity contribution in [2.45, 2.75) is 36.3 Å². The van der Waals surface area contributed by atoms with Crippen LogP contribution in [0.4, 0.5) is 0 Å². The van der Waals surface area contributed by atoms with Crippen molar-refractivity contribution >= 4 is 21.7 Å². The van der Waals surface area contributed by atoms with E-state index in [0.717, 1.165) is 25.8 Å². The fourth-order valence-corrected chi connectivity index (χ4v) is 4.73. The highest BCUT2D eigenvalue weighted by molar-refractivity contribution is 7.90. The lowest BCUT2D eigenvalue weighted by atomic mass is 10.1. The van der Waals surface area contributed by atoms with Gasteiger partial charge in [0.05, 0.1) is 10.6 Å². The molecule has 0 aromatic heterocycles. The molecule has 1 aliphatic rings. The highest BCUT2D eigenvalue weighted by atomic mass is 32.2. The first-order valence-corrected chi connectivity index (χ1v) is 11.5. The second-order valence-corrected chi connectivity index (χ2v) is 9.21. The number of benzene rings is 2. The summed E-state index contributed by atoms with van der Waals surface area (Å²) in [5.74, 6) is -0.193. The van der Waals surface area contributed by atoms with E-state index in [-0.39, 0.29) is 22.5 Å². The molecule has 29 heavy (non-hydrogen) atoms. The monoisotopic (exact) mass is 414 g/mol. The molecule has 1 N–H and O–H groups in total. The number of amides is 2. The maximum atomic E-state index is 12.5. The van der Waals surface area contributed by atoms with Crippen molar-refractivity contribution in [2.75, 3.05) is 19.6 Å². The minimum absolute atomic E-state index is 0.115. The topological polar surface area (TPSA) is 83.6 Å². The fourth-order valence-electron chi connectivity index (χ4n) is 3.36. The van der Waals surface area contributed by atoms with Crippen LogP contribution in [-0.4, -0.2) is 44.8 Å². The van der Waals surface area contributed by atoms with Crippen LogP contribution in [0.5, 0.6) is 0 Å². The van der Waals surface area contributed by atoms with Gasteiger partial charge < -0.3 is 10.2 Å². The Morgan fingerprint density at radius 1 is 0.966 bits per heavy atom. The van der Waals surface area contributed by atoms with E-state index in [1.807, 2.05) is 4.90 Å². The lowest BCUT2D eigenvalue weighted by Gasteiger charge is -2.20. The first kappa shape index (κ1) is 21.0. The predicted molar refractivity (Wildman–Crippen MR) is 111 cm³/mol. The van der Waals surface area contributed by atoms with Crippen molar-refractivity contribution in [1.82, 2.24) is 10.2 Å². The summed E-state index contributed by atoms with van der Waals surface area (Å²) in [6.45, 7) is 1.66. The Morgan fingerprint density at radius 3 is 2.41 bits per heavy atom. The molecule has 154 valence electrons. The van der Waals surface area contributed by atoms with Crippen LogP contribution in [0.2, 0.25) is 0 Å². The van der Waals surface area contributed by atoms with Gasteiger partial charge in [0.1, 0.15) is 0 Å². The Labute approximate surface area is 171 Å². The Kier molecular flexibility index (Phi) is 7.04. The van der Waals surface area contributed by atoms with Crippen LogP contribution >= 0.6 is 0 Å². The second kappa shape index (κ2) is 9.69. The molecule has 1 fully saturated rings. The Bertz CT molecular complexity index is 941. The van der Waals surface area contributed by atoms with Crippen molar-refractivity contribution in [3.63, 3.8) is 0 Å². The molecule has 0 bridgehead atoms. The van der Waals surface area contributed by atoms with Gasteiger partial charge in [0, 0.05) is 31.6 Å². The van der Waals surface area contributed by atoms with Gasteiger partial charge in [-0.15, -0.1) is 0 Å². The fraction of sp³-hybridized carbons (Fsp3) is 0.364. The molecule has 7 heteroatoms. The number of rotatable bonds is 7. The summed E-state index contributed by atoms with van der Waals surface area (Å²) in [5.41, 5.74) is 1.09. The first-order valence-electron chi connectivity index (χ1n) is 9.88. The van der Waals surface area contributed by atoms with Crippen molar-refractivity contribution in [3.05, 3.63) is 65.7 Å². The number of likely N-dealkylation sites (tertiary alicyclic amines) is 1. The minimum Gasteiger partial charge on any atom is -0.350 e. The third kappa shape index (κ3) is 5.90. The number of hydrogen-bond donors (Lipinski definition) is 1. The number of carbonyl (C=O) groups is 2. The summed E-state index contributed by atoms with van der Waals surface area (Å²) in [6, 6.07) is 14.9. The van der Waals surface area contributed by atoms with Crippen molar-refractivity contribution in [1.29, 1.82) is 0 Å². The van der Waals surface area contributed by atoms with Gasteiger partial charge in [0.15, 0.2) is 9.84 Å². The number of nitrogens with zero attached hydrogens (tertiary/aromatic N) is 1.